The van der Waals surface area contributed by atoms with Gasteiger partial charge < -0.3 is 15.2 Å². The lowest BCUT2D eigenvalue weighted by molar-refractivity contribution is -0.146. The number of hydrogen-bond acceptors (Lipinski definition) is 6. The fraction of sp³-hybridized carbons (Fsp3) is 0.467. The first-order valence-corrected chi connectivity index (χ1v) is 8.85. The number of nitrogens with one attached hydrogen (secondary N) is 2. The first kappa shape index (κ1) is 18.4. The second-order valence-electron chi connectivity index (χ2n) is 5.67. The SMILES string of the molecule is COC(=O)[C@@H](NS(=O)(=O)c1ccc(C)cc1)[C@H]1C[C@@H](CO)NC1=O. The molecule has 1 aliphatic heterocycles. The van der Waals surface area contributed by atoms with Gasteiger partial charge >= 0.3 is 5.97 Å². The van der Waals surface area contributed by atoms with Crippen molar-refractivity contribution in [3.8, 4) is 0 Å². The zero-order valence-corrected chi connectivity index (χ0v) is 14.2. The Morgan fingerprint density at radius 3 is 2.54 bits per heavy atom. The average Bonchev–Trinajstić information content (AvgIpc) is 2.93. The highest BCUT2D eigenvalue weighted by atomic mass is 32.2. The van der Waals surface area contributed by atoms with Crippen molar-refractivity contribution in [1.29, 1.82) is 0 Å². The largest absolute Gasteiger partial charge is 0.468 e. The van der Waals surface area contributed by atoms with Crippen LogP contribution in [0.5, 0.6) is 0 Å². The Hall–Kier alpha value is -1.97. The quantitative estimate of drug-likeness (QED) is 0.580. The maximum atomic E-state index is 12.5. The van der Waals surface area contributed by atoms with E-state index in [1.165, 1.54) is 12.1 Å². The molecule has 3 N–H and O–H groups in total. The molecule has 1 aromatic carbocycles. The van der Waals surface area contributed by atoms with Gasteiger partial charge in [-0.05, 0) is 25.5 Å². The minimum absolute atomic E-state index is 0.0147. The van der Waals surface area contributed by atoms with E-state index in [9.17, 15) is 18.0 Å². The number of amides is 1. The van der Waals surface area contributed by atoms with E-state index in [0.717, 1.165) is 12.7 Å². The molecule has 1 aliphatic rings. The molecule has 1 saturated heterocycles. The van der Waals surface area contributed by atoms with Crippen LogP contribution < -0.4 is 10.0 Å². The minimum Gasteiger partial charge on any atom is -0.468 e. The predicted octanol–water partition coefficient (Wildman–Crippen LogP) is -0.688. The number of benzene rings is 1. The second-order valence-corrected chi connectivity index (χ2v) is 7.38. The van der Waals surface area contributed by atoms with Crippen molar-refractivity contribution in [2.45, 2.75) is 30.3 Å². The molecule has 8 nitrogen and oxygen atoms in total. The van der Waals surface area contributed by atoms with E-state index < -0.39 is 39.9 Å². The lowest BCUT2D eigenvalue weighted by atomic mass is 9.97. The molecule has 0 spiro atoms. The molecule has 0 radical (unpaired) electrons. The molecule has 0 aliphatic carbocycles. The standard InChI is InChI=1S/C15H20N2O6S/c1-9-3-5-11(6-4-9)24(21,22)17-13(15(20)23-2)12-7-10(8-18)16-14(12)19/h3-6,10,12-13,17-18H,7-8H2,1-2H3,(H,16,19)/t10-,12+,13-/m0/s1. The fourth-order valence-electron chi connectivity index (χ4n) is 2.56. The van der Waals surface area contributed by atoms with Crippen LogP contribution in [0, 0.1) is 12.8 Å². The first-order valence-electron chi connectivity index (χ1n) is 7.36. The maximum Gasteiger partial charge on any atom is 0.324 e. The average molecular weight is 356 g/mol. The van der Waals surface area contributed by atoms with E-state index in [0.29, 0.717) is 0 Å². The van der Waals surface area contributed by atoms with Gasteiger partial charge in [0, 0.05) is 0 Å². The van der Waals surface area contributed by atoms with Crippen LogP contribution in [0.3, 0.4) is 0 Å². The van der Waals surface area contributed by atoms with Crippen molar-refractivity contribution in [3.63, 3.8) is 0 Å². The number of carbonyl (C=O) groups is 2. The number of ether oxygens (including phenoxy) is 1. The second kappa shape index (κ2) is 7.29. The molecule has 1 fully saturated rings. The van der Waals surface area contributed by atoms with Crippen LogP contribution in [0.25, 0.3) is 0 Å². The zero-order valence-electron chi connectivity index (χ0n) is 13.4. The highest BCUT2D eigenvalue weighted by molar-refractivity contribution is 7.89. The van der Waals surface area contributed by atoms with Gasteiger partial charge in [-0.25, -0.2) is 8.42 Å². The summed E-state index contributed by atoms with van der Waals surface area (Å²) < 4.78 is 31.9. The Labute approximate surface area is 140 Å². The van der Waals surface area contributed by atoms with Crippen LogP contribution in [-0.2, 0) is 24.3 Å². The smallest absolute Gasteiger partial charge is 0.324 e. The van der Waals surface area contributed by atoms with Crippen LogP contribution in [0.1, 0.15) is 12.0 Å². The van der Waals surface area contributed by atoms with E-state index in [2.05, 4.69) is 14.8 Å². The molecule has 0 unspecified atom stereocenters. The van der Waals surface area contributed by atoms with Crippen LogP contribution in [0.4, 0.5) is 0 Å². The van der Waals surface area contributed by atoms with Gasteiger partial charge in [-0.1, -0.05) is 17.7 Å². The summed E-state index contributed by atoms with van der Waals surface area (Å²) >= 11 is 0. The maximum absolute atomic E-state index is 12.5. The summed E-state index contributed by atoms with van der Waals surface area (Å²) in [5.41, 5.74) is 0.888. The number of esters is 1. The van der Waals surface area contributed by atoms with Gasteiger partial charge in [0.1, 0.15) is 6.04 Å². The Balaban J connectivity index is 2.27. The van der Waals surface area contributed by atoms with Gasteiger partial charge in [0.2, 0.25) is 15.9 Å². The molecule has 132 valence electrons. The molecule has 2 rings (SSSR count). The lowest BCUT2D eigenvalue weighted by Gasteiger charge is -2.20. The van der Waals surface area contributed by atoms with Gasteiger partial charge in [-0.15, -0.1) is 0 Å². The van der Waals surface area contributed by atoms with Crippen LogP contribution in [0.2, 0.25) is 0 Å². The van der Waals surface area contributed by atoms with Crippen molar-refractivity contribution in [1.82, 2.24) is 10.0 Å². The van der Waals surface area contributed by atoms with Gasteiger partial charge in [-0.3, -0.25) is 9.59 Å². The van der Waals surface area contributed by atoms with Gasteiger partial charge in [0.25, 0.3) is 0 Å². The summed E-state index contributed by atoms with van der Waals surface area (Å²) in [4.78, 5) is 24.0. The monoisotopic (exact) mass is 356 g/mol. The van der Waals surface area contributed by atoms with Crippen molar-refractivity contribution >= 4 is 21.9 Å². The number of methoxy groups -OCH3 is 1. The normalized spacial score (nSPS) is 22.0. The first-order chi connectivity index (χ1) is 11.3. The summed E-state index contributed by atoms with van der Waals surface area (Å²) in [6.07, 6.45) is 0.130. The van der Waals surface area contributed by atoms with Crippen molar-refractivity contribution in [2.75, 3.05) is 13.7 Å². The molecular weight excluding hydrogens is 336 g/mol. The summed E-state index contributed by atoms with van der Waals surface area (Å²) in [5.74, 6) is -2.31. The highest BCUT2D eigenvalue weighted by Gasteiger charge is 2.43. The topological polar surface area (TPSA) is 122 Å². The van der Waals surface area contributed by atoms with Crippen molar-refractivity contribution < 1.29 is 27.9 Å². The van der Waals surface area contributed by atoms with E-state index in [1.54, 1.807) is 12.1 Å². The van der Waals surface area contributed by atoms with Crippen LogP contribution in [0.15, 0.2) is 29.2 Å². The molecule has 0 saturated carbocycles. The molecular formula is C15H20N2O6S. The molecule has 1 heterocycles. The number of aliphatic hydroxyl groups excluding tert-OH is 1. The molecule has 9 heteroatoms. The molecule has 0 bridgehead atoms. The Morgan fingerprint density at radius 2 is 2.04 bits per heavy atom. The lowest BCUT2D eigenvalue weighted by Crippen LogP contribution is -2.48. The zero-order chi connectivity index (χ0) is 17.9. The predicted molar refractivity (Wildman–Crippen MR) is 84.4 cm³/mol. The number of rotatable bonds is 6. The van der Waals surface area contributed by atoms with Gasteiger partial charge in [0.15, 0.2) is 0 Å². The summed E-state index contributed by atoms with van der Waals surface area (Å²) in [6.45, 7) is 1.53. The van der Waals surface area contributed by atoms with E-state index in [1.807, 2.05) is 6.92 Å². The molecule has 0 aromatic heterocycles. The summed E-state index contributed by atoms with van der Waals surface area (Å²) in [5, 5.41) is 11.7. The van der Waals surface area contributed by atoms with E-state index >= 15 is 0 Å². The third-order valence-corrected chi connectivity index (χ3v) is 5.37. The number of sulfonamides is 1. The number of hydrogen-bond donors (Lipinski definition) is 3. The summed E-state index contributed by atoms with van der Waals surface area (Å²) in [7, 11) is -2.89. The van der Waals surface area contributed by atoms with E-state index in [-0.39, 0.29) is 17.9 Å². The third kappa shape index (κ3) is 3.92. The fourth-order valence-corrected chi connectivity index (χ4v) is 3.79. The van der Waals surface area contributed by atoms with Crippen molar-refractivity contribution in [2.24, 2.45) is 5.92 Å². The van der Waals surface area contributed by atoms with Gasteiger partial charge in [-0.2, -0.15) is 4.72 Å². The highest BCUT2D eigenvalue weighted by Crippen LogP contribution is 2.22. The minimum atomic E-state index is -4.01. The van der Waals surface area contributed by atoms with E-state index in [4.69, 9.17) is 5.11 Å². The Morgan fingerprint density at radius 1 is 1.42 bits per heavy atom. The Kier molecular flexibility index (Phi) is 5.58. The number of aryl methyl sites for hydroxylation is 1. The molecule has 3 atom stereocenters. The molecule has 1 aromatic rings. The van der Waals surface area contributed by atoms with Crippen LogP contribution >= 0.6 is 0 Å². The third-order valence-electron chi connectivity index (χ3n) is 3.91. The Bertz CT molecular complexity index is 716. The molecule has 1 amide bonds. The van der Waals surface area contributed by atoms with Crippen molar-refractivity contribution in [3.05, 3.63) is 29.8 Å². The number of carbonyl (C=O) groups excluding carboxylic acids is 2. The summed E-state index contributed by atoms with van der Waals surface area (Å²) in [6, 6.07) is 4.21. The van der Waals surface area contributed by atoms with Crippen LogP contribution in [-0.4, -0.2) is 51.2 Å². The number of aliphatic hydroxyl groups is 1. The molecule has 24 heavy (non-hydrogen) atoms. The van der Waals surface area contributed by atoms with Gasteiger partial charge in [0.05, 0.1) is 30.6 Å².